The maximum atomic E-state index is 12.4. The molecule has 0 bridgehead atoms. The SMILES string of the molecule is C=CC[C@@H](CC/C(C)=C/CS(=O)(=O)c1ccccc1)O[Si](C)(C)C(C)(C)C. The third-order valence-electron chi connectivity index (χ3n) is 5.31. The zero-order valence-electron chi connectivity index (χ0n) is 17.8. The minimum Gasteiger partial charge on any atom is -0.414 e. The maximum absolute atomic E-state index is 12.4. The van der Waals surface area contributed by atoms with E-state index in [1.807, 2.05) is 25.1 Å². The first-order chi connectivity index (χ1) is 12.4. The van der Waals surface area contributed by atoms with Crippen LogP contribution in [0.1, 0.15) is 47.0 Å². The van der Waals surface area contributed by atoms with E-state index in [0.29, 0.717) is 4.90 Å². The summed E-state index contributed by atoms with van der Waals surface area (Å²) in [5.74, 6) is 0.0397. The van der Waals surface area contributed by atoms with Crippen LogP contribution in [0.5, 0.6) is 0 Å². The second-order valence-electron chi connectivity index (χ2n) is 8.71. The minimum atomic E-state index is -3.27. The fourth-order valence-electron chi connectivity index (χ4n) is 2.47. The molecular formula is C22H36O3SSi. The van der Waals surface area contributed by atoms with Crippen LogP contribution in [0.3, 0.4) is 0 Å². The molecule has 0 aromatic heterocycles. The summed E-state index contributed by atoms with van der Waals surface area (Å²) >= 11 is 0. The predicted molar refractivity (Wildman–Crippen MR) is 118 cm³/mol. The number of hydrogen-bond donors (Lipinski definition) is 0. The molecule has 0 aliphatic carbocycles. The van der Waals surface area contributed by atoms with Gasteiger partial charge in [0.15, 0.2) is 18.2 Å². The highest BCUT2D eigenvalue weighted by atomic mass is 32.2. The highest BCUT2D eigenvalue weighted by molar-refractivity contribution is 7.91. The van der Waals surface area contributed by atoms with Crippen molar-refractivity contribution in [3.05, 3.63) is 54.6 Å². The largest absolute Gasteiger partial charge is 0.414 e. The molecule has 0 radical (unpaired) electrons. The van der Waals surface area contributed by atoms with Gasteiger partial charge < -0.3 is 4.43 Å². The first-order valence-electron chi connectivity index (χ1n) is 9.61. The summed E-state index contributed by atoms with van der Waals surface area (Å²) in [4.78, 5) is 0.375. The van der Waals surface area contributed by atoms with Gasteiger partial charge in [-0.25, -0.2) is 8.42 Å². The summed E-state index contributed by atoms with van der Waals surface area (Å²) < 4.78 is 31.3. The molecule has 0 aliphatic heterocycles. The molecular weight excluding hydrogens is 372 g/mol. The average molecular weight is 409 g/mol. The van der Waals surface area contributed by atoms with Crippen molar-refractivity contribution in [2.45, 2.75) is 76.1 Å². The van der Waals surface area contributed by atoms with Gasteiger partial charge in [-0.15, -0.1) is 6.58 Å². The Hall–Kier alpha value is -1.17. The molecule has 5 heteroatoms. The van der Waals surface area contributed by atoms with Gasteiger partial charge in [-0.2, -0.15) is 0 Å². The Morgan fingerprint density at radius 1 is 1.22 bits per heavy atom. The summed E-state index contributed by atoms with van der Waals surface area (Å²) in [5, 5.41) is 0.168. The molecule has 0 heterocycles. The van der Waals surface area contributed by atoms with Crippen LogP contribution >= 0.6 is 0 Å². The highest BCUT2D eigenvalue weighted by Gasteiger charge is 2.38. The smallest absolute Gasteiger partial charge is 0.192 e. The molecule has 1 aromatic carbocycles. The van der Waals surface area contributed by atoms with Crippen LogP contribution in [-0.2, 0) is 14.3 Å². The topological polar surface area (TPSA) is 43.4 Å². The second kappa shape index (κ2) is 9.85. The molecule has 0 saturated heterocycles. The van der Waals surface area contributed by atoms with E-state index in [0.717, 1.165) is 24.8 Å². The first kappa shape index (κ1) is 23.9. The molecule has 0 spiro atoms. The number of benzene rings is 1. The summed E-state index contributed by atoms with van der Waals surface area (Å²) in [5.41, 5.74) is 1.09. The lowest BCUT2D eigenvalue weighted by Crippen LogP contribution is -2.43. The average Bonchev–Trinajstić information content (AvgIpc) is 2.57. The van der Waals surface area contributed by atoms with Gasteiger partial charge in [-0.3, -0.25) is 0 Å². The molecule has 27 heavy (non-hydrogen) atoms. The van der Waals surface area contributed by atoms with Crippen LogP contribution in [0.25, 0.3) is 0 Å². The Morgan fingerprint density at radius 3 is 2.33 bits per heavy atom. The van der Waals surface area contributed by atoms with Crippen LogP contribution in [0.15, 0.2) is 59.5 Å². The summed E-state index contributed by atoms with van der Waals surface area (Å²) in [7, 11) is -5.10. The maximum Gasteiger partial charge on any atom is 0.192 e. The molecule has 0 unspecified atom stereocenters. The zero-order valence-corrected chi connectivity index (χ0v) is 19.6. The molecule has 1 rings (SSSR count). The van der Waals surface area contributed by atoms with Crippen LogP contribution in [0, 0.1) is 0 Å². The van der Waals surface area contributed by atoms with Crippen molar-refractivity contribution in [2.75, 3.05) is 5.75 Å². The number of sulfone groups is 1. The van der Waals surface area contributed by atoms with Crippen LogP contribution in [0.4, 0.5) is 0 Å². The second-order valence-corrected chi connectivity index (χ2v) is 15.5. The van der Waals surface area contributed by atoms with Crippen LogP contribution in [-0.4, -0.2) is 28.6 Å². The van der Waals surface area contributed by atoms with E-state index < -0.39 is 18.2 Å². The van der Waals surface area contributed by atoms with Crippen molar-refractivity contribution in [2.24, 2.45) is 0 Å². The van der Waals surface area contributed by atoms with Gasteiger partial charge in [0.05, 0.1) is 10.6 Å². The molecule has 0 fully saturated rings. The van der Waals surface area contributed by atoms with E-state index in [-0.39, 0.29) is 16.9 Å². The molecule has 152 valence electrons. The Bertz CT molecular complexity index is 729. The van der Waals surface area contributed by atoms with Crippen LogP contribution < -0.4 is 0 Å². The van der Waals surface area contributed by atoms with Gasteiger partial charge in [-0.1, -0.05) is 56.7 Å². The lowest BCUT2D eigenvalue weighted by molar-refractivity contribution is 0.174. The minimum absolute atomic E-state index is 0.0397. The van der Waals surface area contributed by atoms with Crippen LogP contribution in [0.2, 0.25) is 18.1 Å². The van der Waals surface area contributed by atoms with Crippen molar-refractivity contribution in [3.63, 3.8) is 0 Å². The van der Waals surface area contributed by atoms with E-state index >= 15 is 0 Å². The summed E-state index contributed by atoms with van der Waals surface area (Å²) in [6, 6.07) is 8.61. The third kappa shape index (κ3) is 7.76. The molecule has 3 nitrogen and oxygen atoms in total. The van der Waals surface area contributed by atoms with Gasteiger partial charge in [0, 0.05) is 6.10 Å². The quantitative estimate of drug-likeness (QED) is 0.344. The molecule has 0 saturated carbocycles. The fraction of sp³-hybridized carbons (Fsp3) is 0.545. The molecule has 0 aliphatic rings. The fourth-order valence-corrected chi connectivity index (χ4v) is 5.14. The van der Waals surface area contributed by atoms with Crippen molar-refractivity contribution in [1.82, 2.24) is 0 Å². The summed E-state index contributed by atoms with van der Waals surface area (Å²) in [6.45, 7) is 17.1. The van der Waals surface area contributed by atoms with E-state index in [9.17, 15) is 8.42 Å². The Kier molecular flexibility index (Phi) is 8.71. The summed E-state index contributed by atoms with van der Waals surface area (Å²) in [6.07, 6.45) is 6.42. The molecule has 0 amide bonds. The van der Waals surface area contributed by atoms with Crippen molar-refractivity contribution in [1.29, 1.82) is 0 Å². The number of rotatable bonds is 10. The Morgan fingerprint density at radius 2 is 1.81 bits per heavy atom. The van der Waals surface area contributed by atoms with Gasteiger partial charge in [0.2, 0.25) is 0 Å². The molecule has 1 aromatic rings. The van der Waals surface area contributed by atoms with Gasteiger partial charge >= 0.3 is 0 Å². The number of hydrogen-bond acceptors (Lipinski definition) is 3. The standard InChI is InChI=1S/C22H36O3SSi/c1-8-12-20(25-27(6,7)22(3,4)5)16-15-19(2)17-18-26(23,24)21-13-10-9-11-14-21/h8-11,13-14,17,20H,1,12,15-16,18H2,2-7H3/b19-17+/t20-/m0/s1. The normalized spacial score (nSPS) is 14.8. The van der Waals surface area contributed by atoms with Crippen molar-refractivity contribution < 1.29 is 12.8 Å². The van der Waals surface area contributed by atoms with E-state index in [4.69, 9.17) is 4.43 Å². The van der Waals surface area contributed by atoms with E-state index in [1.54, 1.807) is 24.3 Å². The van der Waals surface area contributed by atoms with E-state index in [2.05, 4.69) is 40.4 Å². The predicted octanol–water partition coefficient (Wildman–Crippen LogP) is 6.15. The Labute approximate surface area is 167 Å². The molecule has 1 atom stereocenters. The Balaban J connectivity index is 2.70. The van der Waals surface area contributed by atoms with Gasteiger partial charge in [-0.05, 0) is 56.5 Å². The molecule has 0 N–H and O–H groups in total. The third-order valence-corrected chi connectivity index (χ3v) is 11.4. The zero-order chi connectivity index (χ0) is 20.7. The monoisotopic (exact) mass is 408 g/mol. The lowest BCUT2D eigenvalue weighted by Gasteiger charge is -2.39. The van der Waals surface area contributed by atoms with Crippen molar-refractivity contribution in [3.8, 4) is 0 Å². The van der Waals surface area contributed by atoms with Crippen molar-refractivity contribution >= 4 is 18.2 Å². The lowest BCUT2D eigenvalue weighted by atomic mass is 10.1. The first-order valence-corrected chi connectivity index (χ1v) is 14.2. The number of allylic oxidation sites excluding steroid dienone is 1. The van der Waals surface area contributed by atoms with Gasteiger partial charge in [0.1, 0.15) is 0 Å². The van der Waals surface area contributed by atoms with Gasteiger partial charge in [0.25, 0.3) is 0 Å². The van der Waals surface area contributed by atoms with E-state index in [1.165, 1.54) is 0 Å². The highest BCUT2D eigenvalue weighted by Crippen LogP contribution is 2.38.